The molecule has 21 heavy (non-hydrogen) atoms. The van der Waals surface area contributed by atoms with Gasteiger partial charge in [-0.05, 0) is 32.3 Å². The number of sulfone groups is 1. The van der Waals surface area contributed by atoms with E-state index >= 15 is 0 Å². The predicted octanol–water partition coefficient (Wildman–Crippen LogP) is 1.93. The van der Waals surface area contributed by atoms with Gasteiger partial charge in [0.05, 0.1) is 6.61 Å². The number of rotatable bonds is 9. The Bertz CT molecular complexity index is 558. The van der Waals surface area contributed by atoms with Crippen LogP contribution in [-0.2, 0) is 19.4 Å². The Morgan fingerprint density at radius 2 is 2.05 bits per heavy atom. The number of ether oxygens (including phenoxy) is 1. The molecule has 1 atom stereocenters. The summed E-state index contributed by atoms with van der Waals surface area (Å²) in [6, 6.07) is 1.52. The number of allylic oxidation sites excluding steroid dienone is 1. The first-order chi connectivity index (χ1) is 10.0. The Hall–Kier alpha value is -1.76. The molecule has 0 aromatic carbocycles. The largest absolute Gasteiger partial charge is 0.465 e. The molecule has 6 nitrogen and oxygen atoms in total. The van der Waals surface area contributed by atoms with Crippen molar-refractivity contribution in [3.05, 3.63) is 31.1 Å². The fourth-order valence-corrected chi connectivity index (χ4v) is 3.28. The maximum absolute atomic E-state index is 12.5. The van der Waals surface area contributed by atoms with Crippen LogP contribution in [0.2, 0.25) is 0 Å². The van der Waals surface area contributed by atoms with Crippen LogP contribution in [0.4, 0.5) is 0 Å². The van der Waals surface area contributed by atoms with E-state index in [9.17, 15) is 13.2 Å². The highest BCUT2D eigenvalue weighted by molar-refractivity contribution is 7.92. The van der Waals surface area contributed by atoms with Crippen molar-refractivity contribution in [3.63, 3.8) is 0 Å². The molecule has 0 amide bonds. The molecule has 1 heterocycles. The van der Waals surface area contributed by atoms with Crippen LogP contribution in [0, 0.1) is 0 Å². The summed E-state index contributed by atoms with van der Waals surface area (Å²) >= 11 is 0. The van der Waals surface area contributed by atoms with E-state index in [4.69, 9.17) is 4.74 Å². The predicted molar refractivity (Wildman–Crippen MR) is 78.3 cm³/mol. The van der Waals surface area contributed by atoms with Gasteiger partial charge in [-0.1, -0.05) is 12.5 Å². The fraction of sp³-hybridized carbons (Fsp3) is 0.500. The van der Waals surface area contributed by atoms with Gasteiger partial charge in [0.25, 0.3) is 0 Å². The van der Waals surface area contributed by atoms with Gasteiger partial charge in [0.2, 0.25) is 15.0 Å². The SMILES string of the molecule is C=CCCCCC(C(=O)OCC)S(=O)(=O)c1ncccn1. The van der Waals surface area contributed by atoms with E-state index in [0.717, 1.165) is 12.8 Å². The summed E-state index contributed by atoms with van der Waals surface area (Å²) in [6.45, 7) is 5.38. The Kier molecular flexibility index (Phi) is 7.01. The summed E-state index contributed by atoms with van der Waals surface area (Å²) in [5, 5.41) is -1.60. The number of hydrogen-bond donors (Lipinski definition) is 0. The molecule has 0 bridgehead atoms. The highest BCUT2D eigenvalue weighted by Gasteiger charge is 2.36. The molecule has 0 fully saturated rings. The molecule has 7 heteroatoms. The lowest BCUT2D eigenvalue weighted by Crippen LogP contribution is -2.33. The summed E-state index contributed by atoms with van der Waals surface area (Å²) in [4.78, 5) is 19.4. The topological polar surface area (TPSA) is 86.2 Å². The van der Waals surface area contributed by atoms with Gasteiger partial charge < -0.3 is 4.74 Å². The molecule has 0 aliphatic carbocycles. The van der Waals surface area contributed by atoms with Gasteiger partial charge in [-0.3, -0.25) is 4.79 Å². The van der Waals surface area contributed by atoms with Crippen molar-refractivity contribution in [1.82, 2.24) is 9.97 Å². The maximum atomic E-state index is 12.5. The molecule has 116 valence electrons. The van der Waals surface area contributed by atoms with Crippen molar-refractivity contribution in [2.24, 2.45) is 0 Å². The van der Waals surface area contributed by atoms with Crippen LogP contribution >= 0.6 is 0 Å². The molecular weight excluding hydrogens is 292 g/mol. The third-order valence-corrected chi connectivity index (χ3v) is 4.74. The van der Waals surface area contributed by atoms with Crippen LogP contribution in [0.3, 0.4) is 0 Å². The number of aromatic nitrogens is 2. The Labute approximate surface area is 125 Å². The van der Waals surface area contributed by atoms with Gasteiger partial charge in [-0.25, -0.2) is 18.4 Å². The smallest absolute Gasteiger partial charge is 0.324 e. The van der Waals surface area contributed by atoms with Crippen LogP contribution in [0.15, 0.2) is 36.3 Å². The summed E-state index contributed by atoms with van der Waals surface area (Å²) in [7, 11) is -3.93. The first-order valence-corrected chi connectivity index (χ1v) is 8.37. The van der Waals surface area contributed by atoms with E-state index in [1.807, 2.05) is 0 Å². The number of esters is 1. The van der Waals surface area contributed by atoms with Gasteiger partial charge in [0.1, 0.15) is 0 Å². The van der Waals surface area contributed by atoms with E-state index in [0.29, 0.717) is 6.42 Å². The summed E-state index contributed by atoms with van der Waals surface area (Å²) in [5.41, 5.74) is 0. The summed E-state index contributed by atoms with van der Waals surface area (Å²) in [6.07, 6.45) is 6.74. The van der Waals surface area contributed by atoms with Gasteiger partial charge >= 0.3 is 5.97 Å². The van der Waals surface area contributed by atoms with Gasteiger partial charge in [-0.2, -0.15) is 0 Å². The quantitative estimate of drug-likeness (QED) is 0.300. The Morgan fingerprint density at radius 1 is 1.38 bits per heavy atom. The number of hydrogen-bond acceptors (Lipinski definition) is 6. The first kappa shape index (κ1) is 17.3. The van der Waals surface area contributed by atoms with Crippen LogP contribution in [0.1, 0.15) is 32.6 Å². The number of unbranched alkanes of at least 4 members (excludes halogenated alkanes) is 2. The molecule has 1 aromatic heterocycles. The van der Waals surface area contributed by atoms with Crippen molar-refractivity contribution < 1.29 is 17.9 Å². The average Bonchev–Trinajstić information content (AvgIpc) is 2.48. The van der Waals surface area contributed by atoms with Crippen LogP contribution < -0.4 is 0 Å². The average molecular weight is 312 g/mol. The van der Waals surface area contributed by atoms with Crippen LogP contribution in [0.25, 0.3) is 0 Å². The number of carbonyl (C=O) groups excluding carboxylic acids is 1. The van der Waals surface area contributed by atoms with Crippen molar-refractivity contribution in [2.45, 2.75) is 43.0 Å². The molecule has 0 saturated heterocycles. The van der Waals surface area contributed by atoms with Crippen molar-refractivity contribution in [1.29, 1.82) is 0 Å². The van der Waals surface area contributed by atoms with E-state index in [1.165, 1.54) is 18.5 Å². The van der Waals surface area contributed by atoms with Crippen LogP contribution in [0.5, 0.6) is 0 Å². The minimum atomic E-state index is -3.93. The van der Waals surface area contributed by atoms with Crippen molar-refractivity contribution in [2.75, 3.05) is 6.61 Å². The van der Waals surface area contributed by atoms with Crippen molar-refractivity contribution >= 4 is 15.8 Å². The fourth-order valence-electron chi connectivity index (χ4n) is 1.81. The second kappa shape index (κ2) is 8.51. The second-order valence-electron chi connectivity index (χ2n) is 4.39. The van der Waals surface area contributed by atoms with E-state index in [1.54, 1.807) is 13.0 Å². The van der Waals surface area contributed by atoms with Gasteiger partial charge in [-0.15, -0.1) is 6.58 Å². The first-order valence-electron chi connectivity index (χ1n) is 6.82. The van der Waals surface area contributed by atoms with E-state index < -0.39 is 21.1 Å². The minimum Gasteiger partial charge on any atom is -0.465 e. The zero-order valence-corrected chi connectivity index (χ0v) is 12.9. The Morgan fingerprint density at radius 3 is 2.62 bits per heavy atom. The summed E-state index contributed by atoms with van der Waals surface area (Å²) in [5.74, 6) is -0.747. The van der Waals surface area contributed by atoms with Crippen LogP contribution in [-0.4, -0.2) is 36.2 Å². The van der Waals surface area contributed by atoms with Gasteiger partial charge in [0.15, 0.2) is 5.25 Å². The summed E-state index contributed by atoms with van der Waals surface area (Å²) < 4.78 is 29.8. The lowest BCUT2D eigenvalue weighted by atomic mass is 10.1. The van der Waals surface area contributed by atoms with Crippen molar-refractivity contribution in [3.8, 4) is 0 Å². The highest BCUT2D eigenvalue weighted by atomic mass is 32.2. The number of carbonyl (C=O) groups is 1. The molecule has 1 rings (SSSR count). The molecule has 0 N–H and O–H groups in total. The molecule has 0 radical (unpaired) electrons. The minimum absolute atomic E-state index is 0.132. The zero-order valence-electron chi connectivity index (χ0n) is 12.1. The van der Waals surface area contributed by atoms with E-state index in [2.05, 4.69) is 16.5 Å². The third-order valence-electron chi connectivity index (χ3n) is 2.85. The lowest BCUT2D eigenvalue weighted by Gasteiger charge is -2.15. The molecular formula is C14H20N2O4S. The Balaban J connectivity index is 2.94. The number of nitrogens with zero attached hydrogens (tertiary/aromatic N) is 2. The molecule has 1 aromatic rings. The molecule has 0 aliphatic rings. The van der Waals surface area contributed by atoms with E-state index in [-0.39, 0.29) is 18.2 Å². The lowest BCUT2D eigenvalue weighted by molar-refractivity contribution is -0.142. The second-order valence-corrected chi connectivity index (χ2v) is 6.41. The molecule has 0 aliphatic heterocycles. The molecule has 1 unspecified atom stereocenters. The standard InChI is InChI=1S/C14H20N2O4S/c1-3-5-6-7-9-12(13(17)20-4-2)21(18,19)14-15-10-8-11-16-14/h3,8,10-12H,1,4-7,9H2,2H3. The monoisotopic (exact) mass is 312 g/mol. The third kappa shape index (κ3) is 4.93. The zero-order chi connectivity index (χ0) is 15.7. The van der Waals surface area contributed by atoms with Gasteiger partial charge in [0, 0.05) is 12.4 Å². The highest BCUT2D eigenvalue weighted by Crippen LogP contribution is 2.19. The molecule has 0 spiro atoms. The molecule has 0 saturated carbocycles. The maximum Gasteiger partial charge on any atom is 0.324 e. The normalized spacial score (nSPS) is 12.6.